The van der Waals surface area contributed by atoms with Gasteiger partial charge in [-0.3, -0.25) is 4.79 Å². The van der Waals surface area contributed by atoms with Crippen LogP contribution in [0.25, 0.3) is 0 Å². The summed E-state index contributed by atoms with van der Waals surface area (Å²) in [4.78, 5) is 12.5. The van der Waals surface area contributed by atoms with Gasteiger partial charge < -0.3 is 10.6 Å². The highest BCUT2D eigenvalue weighted by Gasteiger charge is 2.38. The van der Waals surface area contributed by atoms with Gasteiger partial charge in [-0.2, -0.15) is 0 Å². The maximum absolute atomic E-state index is 12.5. The maximum atomic E-state index is 12.5. The Morgan fingerprint density at radius 1 is 1.26 bits per heavy atom. The Bertz CT molecular complexity index is 479. The number of hydrogen-bond donors (Lipinski definition) is 2. The molecule has 4 unspecified atom stereocenters. The first kappa shape index (κ1) is 18.3. The number of carbonyl (C=O) groups excluding carboxylic acids is 1. The van der Waals surface area contributed by atoms with Crippen LogP contribution in [0.15, 0.2) is 30.3 Å². The zero-order valence-electron chi connectivity index (χ0n) is 14.0. The van der Waals surface area contributed by atoms with Crippen LogP contribution in [-0.2, 0) is 4.79 Å². The molecule has 0 bridgehead atoms. The van der Waals surface area contributed by atoms with Gasteiger partial charge >= 0.3 is 0 Å². The van der Waals surface area contributed by atoms with Crippen LogP contribution in [0.2, 0.25) is 0 Å². The second kappa shape index (κ2) is 8.70. The summed E-state index contributed by atoms with van der Waals surface area (Å²) in [7, 11) is 0. The number of nitrogens with one attached hydrogen (secondary N) is 2. The molecule has 3 nitrogen and oxygen atoms in total. The van der Waals surface area contributed by atoms with E-state index < -0.39 is 0 Å². The van der Waals surface area contributed by atoms with Crippen molar-refractivity contribution in [1.82, 2.24) is 10.6 Å². The summed E-state index contributed by atoms with van der Waals surface area (Å²) in [6.07, 6.45) is 7.27. The summed E-state index contributed by atoms with van der Waals surface area (Å²) in [5.74, 6) is 1.33. The third-order valence-electron chi connectivity index (χ3n) is 5.47. The Kier molecular flexibility index (Phi) is 6.91. The lowest BCUT2D eigenvalue weighted by Crippen LogP contribution is -2.44. The van der Waals surface area contributed by atoms with Crippen molar-refractivity contribution in [3.63, 3.8) is 0 Å². The molecule has 1 amide bonds. The molecule has 23 heavy (non-hydrogen) atoms. The number of fused-ring (bicyclic) bond motifs is 1. The molecule has 0 aromatic heterocycles. The molecule has 2 N–H and O–H groups in total. The summed E-state index contributed by atoms with van der Waals surface area (Å²) < 4.78 is 0. The molecule has 1 aliphatic carbocycles. The van der Waals surface area contributed by atoms with E-state index in [1.54, 1.807) is 0 Å². The van der Waals surface area contributed by atoms with Gasteiger partial charge in [-0.15, -0.1) is 12.4 Å². The average molecular weight is 337 g/mol. The summed E-state index contributed by atoms with van der Waals surface area (Å²) >= 11 is 0. The molecule has 1 aromatic carbocycles. The minimum Gasteiger partial charge on any atom is -0.354 e. The second-order valence-corrected chi connectivity index (χ2v) is 6.87. The highest BCUT2D eigenvalue weighted by molar-refractivity contribution is 5.85. The Labute approximate surface area is 146 Å². The van der Waals surface area contributed by atoms with E-state index in [9.17, 15) is 4.79 Å². The van der Waals surface area contributed by atoms with Crippen LogP contribution in [0.4, 0.5) is 0 Å². The maximum Gasteiger partial charge on any atom is 0.237 e. The zero-order chi connectivity index (χ0) is 15.4. The van der Waals surface area contributed by atoms with E-state index in [0.717, 1.165) is 25.3 Å². The van der Waals surface area contributed by atoms with E-state index in [-0.39, 0.29) is 24.4 Å². The van der Waals surface area contributed by atoms with Crippen LogP contribution in [0.3, 0.4) is 0 Å². The van der Waals surface area contributed by atoms with E-state index >= 15 is 0 Å². The van der Waals surface area contributed by atoms with E-state index in [1.165, 1.54) is 31.2 Å². The highest BCUT2D eigenvalue weighted by atomic mass is 35.5. The van der Waals surface area contributed by atoms with Gasteiger partial charge in [-0.05, 0) is 37.2 Å². The van der Waals surface area contributed by atoms with Crippen molar-refractivity contribution in [2.24, 2.45) is 5.92 Å². The third kappa shape index (κ3) is 4.48. The lowest BCUT2D eigenvalue weighted by Gasteiger charge is -2.24. The first-order chi connectivity index (χ1) is 10.8. The van der Waals surface area contributed by atoms with Crippen LogP contribution in [-0.4, -0.2) is 24.5 Å². The Balaban J connectivity index is 0.00000192. The van der Waals surface area contributed by atoms with Crippen molar-refractivity contribution >= 4 is 18.3 Å². The standard InChI is InChI=1S/C19H28N2O.ClH/c1-2-14(15-8-4-3-5-9-15)13-20-19(22)18-12-16-10-6-7-11-17(16)21-18;/h3-5,8-9,14,16-18,21H,2,6-7,10-13H2,1H3,(H,20,22);1H. The topological polar surface area (TPSA) is 41.1 Å². The van der Waals surface area contributed by atoms with Gasteiger partial charge in [0, 0.05) is 18.5 Å². The minimum atomic E-state index is 0. The molecule has 1 saturated heterocycles. The summed E-state index contributed by atoms with van der Waals surface area (Å²) in [6, 6.07) is 11.1. The first-order valence-corrected chi connectivity index (χ1v) is 8.86. The number of amides is 1. The molecule has 1 heterocycles. The molecule has 3 rings (SSSR count). The monoisotopic (exact) mass is 336 g/mol. The number of benzene rings is 1. The van der Waals surface area contributed by atoms with Gasteiger partial charge in [-0.25, -0.2) is 0 Å². The fourth-order valence-electron chi connectivity index (χ4n) is 4.09. The van der Waals surface area contributed by atoms with E-state index in [2.05, 4.69) is 41.8 Å². The zero-order valence-corrected chi connectivity index (χ0v) is 14.8. The van der Waals surface area contributed by atoms with Crippen molar-refractivity contribution in [2.45, 2.75) is 63.5 Å². The van der Waals surface area contributed by atoms with E-state index in [0.29, 0.717) is 12.0 Å². The smallest absolute Gasteiger partial charge is 0.237 e. The molecular formula is C19H29ClN2O. The largest absolute Gasteiger partial charge is 0.354 e. The molecule has 128 valence electrons. The molecule has 2 aliphatic rings. The highest BCUT2D eigenvalue weighted by Crippen LogP contribution is 2.33. The van der Waals surface area contributed by atoms with Gasteiger partial charge in [0.05, 0.1) is 6.04 Å². The second-order valence-electron chi connectivity index (χ2n) is 6.87. The van der Waals surface area contributed by atoms with Crippen molar-refractivity contribution in [2.75, 3.05) is 6.54 Å². The predicted molar refractivity (Wildman–Crippen MR) is 97.0 cm³/mol. The number of hydrogen-bond acceptors (Lipinski definition) is 2. The lowest BCUT2D eigenvalue weighted by atomic mass is 9.85. The summed E-state index contributed by atoms with van der Waals surface area (Å²) in [6.45, 7) is 2.93. The molecule has 4 atom stereocenters. The van der Waals surface area contributed by atoms with Crippen LogP contribution in [0.1, 0.15) is 56.9 Å². The minimum absolute atomic E-state index is 0. The van der Waals surface area contributed by atoms with Crippen LogP contribution >= 0.6 is 12.4 Å². The first-order valence-electron chi connectivity index (χ1n) is 8.86. The van der Waals surface area contributed by atoms with Crippen molar-refractivity contribution < 1.29 is 4.79 Å². The third-order valence-corrected chi connectivity index (χ3v) is 5.47. The van der Waals surface area contributed by atoms with Gasteiger partial charge in [0.1, 0.15) is 0 Å². The summed E-state index contributed by atoms with van der Waals surface area (Å²) in [5, 5.41) is 6.74. The Morgan fingerprint density at radius 2 is 2.00 bits per heavy atom. The van der Waals surface area contributed by atoms with Gasteiger partial charge in [0.25, 0.3) is 0 Å². The number of halogens is 1. The fraction of sp³-hybridized carbons (Fsp3) is 0.632. The number of rotatable bonds is 5. The van der Waals surface area contributed by atoms with Gasteiger partial charge in [0.2, 0.25) is 5.91 Å². The summed E-state index contributed by atoms with van der Waals surface area (Å²) in [5.41, 5.74) is 1.32. The predicted octanol–water partition coefficient (Wildman–Crippen LogP) is 3.64. The molecule has 0 radical (unpaired) electrons. The normalized spacial score (nSPS) is 27.6. The molecule has 1 aliphatic heterocycles. The SMILES string of the molecule is CCC(CNC(=O)C1CC2CCCCC2N1)c1ccccc1.Cl. The quantitative estimate of drug-likeness (QED) is 0.862. The fourth-order valence-corrected chi connectivity index (χ4v) is 4.09. The van der Waals surface area contributed by atoms with Crippen molar-refractivity contribution in [3.05, 3.63) is 35.9 Å². The van der Waals surface area contributed by atoms with E-state index in [4.69, 9.17) is 0 Å². The molecule has 2 fully saturated rings. The molecule has 0 spiro atoms. The molecule has 1 saturated carbocycles. The van der Waals surface area contributed by atoms with Gasteiger partial charge in [0.15, 0.2) is 0 Å². The molecule has 1 aromatic rings. The van der Waals surface area contributed by atoms with Crippen LogP contribution in [0, 0.1) is 5.92 Å². The van der Waals surface area contributed by atoms with Crippen LogP contribution < -0.4 is 10.6 Å². The average Bonchev–Trinajstić information content (AvgIpc) is 3.00. The van der Waals surface area contributed by atoms with Crippen molar-refractivity contribution in [3.8, 4) is 0 Å². The van der Waals surface area contributed by atoms with E-state index in [1.807, 2.05) is 6.07 Å². The van der Waals surface area contributed by atoms with Crippen molar-refractivity contribution in [1.29, 1.82) is 0 Å². The Hall–Kier alpha value is -1.06. The van der Waals surface area contributed by atoms with Crippen LogP contribution in [0.5, 0.6) is 0 Å². The number of carbonyl (C=O) groups is 1. The molecule has 4 heteroatoms. The van der Waals surface area contributed by atoms with Gasteiger partial charge in [-0.1, -0.05) is 50.1 Å². The lowest BCUT2D eigenvalue weighted by molar-refractivity contribution is -0.122. The molecular weight excluding hydrogens is 308 g/mol. The Morgan fingerprint density at radius 3 is 2.70 bits per heavy atom.